The van der Waals surface area contributed by atoms with Gasteiger partial charge in [-0.3, -0.25) is 19.5 Å². The van der Waals surface area contributed by atoms with Gasteiger partial charge >= 0.3 is 5.97 Å². The molecule has 0 saturated carbocycles. The minimum atomic E-state index is -0.929. The molecule has 2 heterocycles. The van der Waals surface area contributed by atoms with Crippen LogP contribution in [0.25, 0.3) is 16.8 Å². The molecule has 10 nitrogen and oxygen atoms in total. The molecule has 1 aliphatic rings. The van der Waals surface area contributed by atoms with Crippen molar-refractivity contribution in [2.45, 2.75) is 19.9 Å². The number of carbonyl (C=O) groups excluding carboxylic acids is 1. The van der Waals surface area contributed by atoms with Gasteiger partial charge in [-0.25, -0.2) is 9.79 Å². The second kappa shape index (κ2) is 10.2. The van der Waals surface area contributed by atoms with E-state index in [1.807, 2.05) is 30.3 Å². The van der Waals surface area contributed by atoms with Crippen LogP contribution in [-0.2, 0) is 9.53 Å². The van der Waals surface area contributed by atoms with Gasteiger partial charge in [-0.2, -0.15) is 0 Å². The monoisotopic (exact) mass is 545 g/mol. The zero-order valence-electron chi connectivity index (χ0n) is 21.2. The van der Waals surface area contributed by atoms with Crippen molar-refractivity contribution in [3.05, 3.63) is 107 Å². The van der Waals surface area contributed by atoms with E-state index in [1.165, 1.54) is 36.0 Å². The summed E-state index contributed by atoms with van der Waals surface area (Å²) in [5, 5.41) is 23.3. The van der Waals surface area contributed by atoms with Crippen molar-refractivity contribution in [2.24, 2.45) is 4.99 Å². The quantitative estimate of drug-likeness (QED) is 0.222. The van der Waals surface area contributed by atoms with Crippen molar-refractivity contribution in [2.75, 3.05) is 13.7 Å². The molecule has 39 heavy (non-hydrogen) atoms. The third-order valence-electron chi connectivity index (χ3n) is 6.45. The number of nitrogens with zero attached hydrogens (tertiary/aromatic N) is 3. The molecule has 11 heteroatoms. The molecule has 4 aromatic rings. The fourth-order valence-corrected chi connectivity index (χ4v) is 5.75. The smallest absolute Gasteiger partial charge is 0.338 e. The fraction of sp³-hybridized carbons (Fsp3) is 0.179. The van der Waals surface area contributed by atoms with Gasteiger partial charge in [-0.1, -0.05) is 41.7 Å². The van der Waals surface area contributed by atoms with Gasteiger partial charge in [-0.05, 0) is 42.8 Å². The van der Waals surface area contributed by atoms with Crippen molar-refractivity contribution in [3.63, 3.8) is 0 Å². The summed E-state index contributed by atoms with van der Waals surface area (Å²) in [5.41, 5.74) is 0.571. The largest absolute Gasteiger partial charge is 0.507 e. The maximum Gasteiger partial charge on any atom is 0.338 e. The molecule has 0 radical (unpaired) electrons. The van der Waals surface area contributed by atoms with Crippen molar-refractivity contribution in [3.8, 4) is 11.5 Å². The molecule has 3 aromatic carbocycles. The number of ether oxygens (including phenoxy) is 2. The summed E-state index contributed by atoms with van der Waals surface area (Å²) in [6, 6.07) is 13.9. The van der Waals surface area contributed by atoms with Gasteiger partial charge in [-0.15, -0.1) is 0 Å². The molecule has 5 rings (SSSR count). The Labute approximate surface area is 225 Å². The lowest BCUT2D eigenvalue weighted by atomic mass is 9.90. The number of nitro benzene ring substituents is 1. The second-order valence-electron chi connectivity index (χ2n) is 8.71. The van der Waals surface area contributed by atoms with Gasteiger partial charge < -0.3 is 14.6 Å². The van der Waals surface area contributed by atoms with Gasteiger partial charge in [0.25, 0.3) is 11.2 Å². The number of allylic oxidation sites excluding steroid dienone is 1. The fourth-order valence-electron chi connectivity index (χ4n) is 4.71. The Hall–Kier alpha value is -4.77. The lowest BCUT2D eigenvalue weighted by molar-refractivity contribution is -0.384. The number of fused-ring (bicyclic) bond motifs is 2. The Morgan fingerprint density at radius 3 is 2.72 bits per heavy atom. The topological polar surface area (TPSA) is 133 Å². The van der Waals surface area contributed by atoms with E-state index in [0.717, 1.165) is 22.1 Å². The Balaban J connectivity index is 1.84. The van der Waals surface area contributed by atoms with Crippen LogP contribution in [0.2, 0.25) is 0 Å². The Morgan fingerprint density at radius 1 is 1.23 bits per heavy atom. The van der Waals surface area contributed by atoms with Gasteiger partial charge in [0.15, 0.2) is 4.80 Å². The number of methoxy groups -OCH3 is 1. The molecule has 1 N–H and O–H groups in total. The third kappa shape index (κ3) is 4.46. The molecule has 0 saturated heterocycles. The van der Waals surface area contributed by atoms with Crippen molar-refractivity contribution < 1.29 is 24.3 Å². The summed E-state index contributed by atoms with van der Waals surface area (Å²) >= 11 is 1.05. The first-order chi connectivity index (χ1) is 18.7. The average molecular weight is 546 g/mol. The average Bonchev–Trinajstić information content (AvgIpc) is 3.22. The van der Waals surface area contributed by atoms with Crippen LogP contribution in [0, 0.1) is 10.1 Å². The number of phenolic OH excluding ortho intramolecular Hbond substituents is 1. The van der Waals surface area contributed by atoms with Crippen LogP contribution >= 0.6 is 11.3 Å². The zero-order chi connectivity index (χ0) is 27.8. The van der Waals surface area contributed by atoms with Gasteiger partial charge in [0.05, 0.1) is 34.4 Å². The van der Waals surface area contributed by atoms with Crippen LogP contribution in [0.4, 0.5) is 5.69 Å². The molecule has 0 fully saturated rings. The number of thiazole rings is 1. The SMILES string of the molecule is CCOC(=O)C1=C(C)N=c2s/c(=C\c3cc([N+](=O)[O-])ccc3O)c(=O)n2[C@@H]1c1c(OC)ccc2ccccc12. The van der Waals surface area contributed by atoms with Crippen LogP contribution in [0.5, 0.6) is 11.5 Å². The van der Waals surface area contributed by atoms with Crippen LogP contribution in [0.1, 0.15) is 31.0 Å². The molecule has 0 aliphatic carbocycles. The van der Waals surface area contributed by atoms with Crippen molar-refractivity contribution in [1.29, 1.82) is 0 Å². The number of aromatic nitrogens is 1. The minimum Gasteiger partial charge on any atom is -0.507 e. The summed E-state index contributed by atoms with van der Waals surface area (Å²) in [6.07, 6.45) is 1.38. The Bertz CT molecular complexity index is 1870. The highest BCUT2D eigenvalue weighted by Crippen LogP contribution is 2.40. The summed E-state index contributed by atoms with van der Waals surface area (Å²) < 4.78 is 12.7. The summed E-state index contributed by atoms with van der Waals surface area (Å²) in [5.74, 6) is -0.354. The van der Waals surface area contributed by atoms with Crippen LogP contribution in [-0.4, -0.2) is 34.3 Å². The second-order valence-corrected chi connectivity index (χ2v) is 9.71. The predicted molar refractivity (Wildman–Crippen MR) is 146 cm³/mol. The number of benzene rings is 3. The summed E-state index contributed by atoms with van der Waals surface area (Å²) in [7, 11) is 1.52. The molecule has 198 valence electrons. The van der Waals surface area contributed by atoms with Crippen LogP contribution in [0.15, 0.2) is 75.7 Å². The highest BCUT2D eigenvalue weighted by atomic mass is 32.1. The van der Waals surface area contributed by atoms with Crippen LogP contribution in [0.3, 0.4) is 0 Å². The van der Waals surface area contributed by atoms with E-state index in [2.05, 4.69) is 4.99 Å². The molecule has 0 amide bonds. The normalized spacial score (nSPS) is 15.2. The predicted octanol–water partition coefficient (Wildman–Crippen LogP) is 3.57. The minimum absolute atomic E-state index is 0.107. The van der Waals surface area contributed by atoms with Gasteiger partial charge in [0.1, 0.15) is 17.5 Å². The first-order valence-corrected chi connectivity index (χ1v) is 12.8. The number of non-ortho nitro benzene ring substituents is 1. The number of phenols is 1. The number of hydrogen-bond acceptors (Lipinski definition) is 9. The van der Waals surface area contributed by atoms with E-state index >= 15 is 0 Å². The lowest BCUT2D eigenvalue weighted by Crippen LogP contribution is -2.40. The first kappa shape index (κ1) is 25.9. The summed E-state index contributed by atoms with van der Waals surface area (Å²) in [4.78, 5) is 42.8. The molecule has 0 bridgehead atoms. The lowest BCUT2D eigenvalue weighted by Gasteiger charge is -2.27. The van der Waals surface area contributed by atoms with E-state index in [0.29, 0.717) is 21.8 Å². The third-order valence-corrected chi connectivity index (χ3v) is 7.43. The van der Waals surface area contributed by atoms with E-state index in [-0.39, 0.29) is 33.7 Å². The van der Waals surface area contributed by atoms with Gasteiger partial charge in [0, 0.05) is 23.3 Å². The molecular weight excluding hydrogens is 522 g/mol. The Kier molecular flexibility index (Phi) is 6.75. The molecule has 1 aromatic heterocycles. The summed E-state index contributed by atoms with van der Waals surface area (Å²) in [6.45, 7) is 3.51. The van der Waals surface area contributed by atoms with Crippen molar-refractivity contribution in [1.82, 2.24) is 4.57 Å². The molecule has 0 spiro atoms. The molecule has 0 unspecified atom stereocenters. The number of aromatic hydroxyl groups is 1. The number of hydrogen-bond donors (Lipinski definition) is 1. The van der Waals surface area contributed by atoms with E-state index in [1.54, 1.807) is 19.9 Å². The van der Waals surface area contributed by atoms with Crippen LogP contribution < -0.4 is 19.6 Å². The molecular formula is C28H23N3O7S. The van der Waals surface area contributed by atoms with Gasteiger partial charge in [0.2, 0.25) is 0 Å². The molecule has 1 aliphatic heterocycles. The first-order valence-electron chi connectivity index (χ1n) is 12.0. The van der Waals surface area contributed by atoms with E-state index in [4.69, 9.17) is 9.47 Å². The molecule has 1 atom stereocenters. The van der Waals surface area contributed by atoms with Crippen molar-refractivity contribution >= 4 is 39.8 Å². The standard InChI is InChI=1S/C28H23N3O7S/c1-4-38-27(34)23-15(2)29-28-30(25(23)24-19-8-6-5-7-16(19)9-12-21(24)37-3)26(33)22(39-28)14-17-13-18(31(35)36)10-11-20(17)32/h5-14,25,32H,4H2,1-3H3/b22-14-/t25-/m0/s1. The number of rotatable bonds is 6. The maximum atomic E-state index is 14.0. The maximum absolute atomic E-state index is 14.0. The van der Waals surface area contributed by atoms with E-state index in [9.17, 15) is 24.8 Å². The number of esters is 1. The number of carbonyl (C=O) groups is 1. The zero-order valence-corrected chi connectivity index (χ0v) is 22.0. The number of nitro groups is 1. The highest BCUT2D eigenvalue weighted by Gasteiger charge is 2.36. The van der Waals surface area contributed by atoms with E-state index < -0.39 is 22.5 Å². The highest BCUT2D eigenvalue weighted by molar-refractivity contribution is 7.07. The Morgan fingerprint density at radius 2 is 2.00 bits per heavy atom.